The van der Waals surface area contributed by atoms with Gasteiger partial charge in [-0.2, -0.15) is 4.98 Å². The van der Waals surface area contributed by atoms with Crippen molar-refractivity contribution in [3.05, 3.63) is 53.1 Å². The molecule has 0 spiro atoms. The van der Waals surface area contributed by atoms with Crippen LogP contribution in [0.4, 0.5) is 0 Å². The van der Waals surface area contributed by atoms with Crippen LogP contribution in [0, 0.1) is 0 Å². The normalized spacial score (nSPS) is 11.2. The van der Waals surface area contributed by atoms with E-state index in [1.165, 1.54) is 0 Å². The standard InChI is InChI=1S/C20H22ClN3O2.C2H6/c1-12(2)25-17-10-7-14(11-16(17)21)18-23-19(26-24-18)13-5-8-15(9-6-13)20(3,4)22;1-2/h5-12H,22H2,1-4H3;1-2H3. The lowest BCUT2D eigenvalue weighted by Gasteiger charge is -2.18. The Hall–Kier alpha value is -2.37. The molecule has 2 N–H and O–H groups in total. The number of hydrogen-bond acceptors (Lipinski definition) is 5. The zero-order chi connectivity index (χ0) is 20.9. The Kier molecular flexibility index (Phi) is 7.22. The highest BCUT2D eigenvalue weighted by Gasteiger charge is 2.16. The highest BCUT2D eigenvalue weighted by atomic mass is 35.5. The largest absolute Gasteiger partial charge is 0.489 e. The van der Waals surface area contributed by atoms with Crippen LogP contribution < -0.4 is 10.5 Å². The lowest BCUT2D eigenvalue weighted by molar-refractivity contribution is 0.242. The van der Waals surface area contributed by atoms with E-state index in [-0.39, 0.29) is 6.10 Å². The van der Waals surface area contributed by atoms with E-state index in [4.69, 9.17) is 26.6 Å². The van der Waals surface area contributed by atoms with Crippen LogP contribution in [0.15, 0.2) is 47.0 Å². The molecule has 0 saturated carbocycles. The van der Waals surface area contributed by atoms with E-state index in [9.17, 15) is 0 Å². The molecule has 0 unspecified atom stereocenters. The summed E-state index contributed by atoms with van der Waals surface area (Å²) < 4.78 is 11.0. The summed E-state index contributed by atoms with van der Waals surface area (Å²) in [6.45, 7) is 11.8. The highest BCUT2D eigenvalue weighted by molar-refractivity contribution is 6.32. The van der Waals surface area contributed by atoms with Gasteiger partial charge in [0.15, 0.2) is 0 Å². The first kappa shape index (κ1) is 21.9. The van der Waals surface area contributed by atoms with E-state index in [2.05, 4.69) is 10.1 Å². The zero-order valence-corrected chi connectivity index (χ0v) is 18.0. The van der Waals surface area contributed by atoms with Crippen LogP contribution in [-0.2, 0) is 5.54 Å². The summed E-state index contributed by atoms with van der Waals surface area (Å²) in [7, 11) is 0. The maximum atomic E-state index is 6.28. The van der Waals surface area contributed by atoms with Crippen LogP contribution in [0.5, 0.6) is 5.75 Å². The molecule has 3 aromatic rings. The van der Waals surface area contributed by atoms with Crippen molar-refractivity contribution < 1.29 is 9.26 Å². The van der Waals surface area contributed by atoms with Gasteiger partial charge in [-0.3, -0.25) is 0 Å². The lowest BCUT2D eigenvalue weighted by atomic mass is 9.95. The molecule has 0 aliphatic rings. The second kappa shape index (κ2) is 9.22. The average Bonchev–Trinajstić information content (AvgIpc) is 3.14. The molecule has 0 radical (unpaired) electrons. The van der Waals surface area contributed by atoms with E-state index >= 15 is 0 Å². The Morgan fingerprint density at radius 2 is 1.64 bits per heavy atom. The van der Waals surface area contributed by atoms with E-state index < -0.39 is 5.54 Å². The van der Waals surface area contributed by atoms with Gasteiger partial charge in [0.05, 0.1) is 11.1 Å². The minimum Gasteiger partial charge on any atom is -0.489 e. The summed E-state index contributed by atoms with van der Waals surface area (Å²) in [6.07, 6.45) is 0.0524. The summed E-state index contributed by atoms with van der Waals surface area (Å²) in [6, 6.07) is 13.2. The molecule has 0 fully saturated rings. The van der Waals surface area contributed by atoms with Crippen LogP contribution >= 0.6 is 11.6 Å². The van der Waals surface area contributed by atoms with E-state index in [1.807, 2.05) is 77.9 Å². The third-order valence-electron chi connectivity index (χ3n) is 3.85. The maximum absolute atomic E-state index is 6.28. The van der Waals surface area contributed by atoms with Gasteiger partial charge >= 0.3 is 0 Å². The molecule has 0 atom stereocenters. The molecule has 6 heteroatoms. The van der Waals surface area contributed by atoms with E-state index in [0.717, 1.165) is 16.7 Å². The molecule has 0 bridgehead atoms. The van der Waals surface area contributed by atoms with E-state index in [0.29, 0.717) is 22.5 Å². The minimum atomic E-state index is -0.394. The number of nitrogens with two attached hydrogens (primary N) is 1. The molecule has 0 aliphatic heterocycles. The van der Waals surface area contributed by atoms with Gasteiger partial charge < -0.3 is 15.0 Å². The molecule has 1 aromatic heterocycles. The van der Waals surface area contributed by atoms with Crippen LogP contribution in [0.3, 0.4) is 0 Å². The maximum Gasteiger partial charge on any atom is 0.258 e. The van der Waals surface area contributed by atoms with Crippen molar-refractivity contribution in [2.45, 2.75) is 53.2 Å². The molecular formula is C22H28ClN3O2. The third-order valence-corrected chi connectivity index (χ3v) is 4.15. The van der Waals surface area contributed by atoms with Crippen LogP contribution in [0.25, 0.3) is 22.8 Å². The van der Waals surface area contributed by atoms with Gasteiger partial charge in [-0.1, -0.05) is 42.7 Å². The van der Waals surface area contributed by atoms with Crippen molar-refractivity contribution >= 4 is 11.6 Å². The Labute approximate surface area is 171 Å². The molecule has 1 heterocycles. The summed E-state index contributed by atoms with van der Waals surface area (Å²) in [5.74, 6) is 1.55. The molecule has 0 saturated heterocycles. The van der Waals surface area contributed by atoms with Crippen molar-refractivity contribution in [1.29, 1.82) is 0 Å². The van der Waals surface area contributed by atoms with Gasteiger partial charge in [0.2, 0.25) is 5.82 Å². The fourth-order valence-electron chi connectivity index (χ4n) is 2.49. The summed E-state index contributed by atoms with van der Waals surface area (Å²) >= 11 is 6.28. The fraction of sp³-hybridized carbons (Fsp3) is 0.364. The van der Waals surface area contributed by atoms with Crippen molar-refractivity contribution in [2.75, 3.05) is 0 Å². The number of nitrogens with zero attached hydrogens (tertiary/aromatic N) is 2. The number of ether oxygens (including phenoxy) is 1. The van der Waals surface area contributed by atoms with Gasteiger partial charge in [-0.25, -0.2) is 0 Å². The first-order chi connectivity index (χ1) is 13.2. The van der Waals surface area contributed by atoms with Crippen LogP contribution in [-0.4, -0.2) is 16.2 Å². The zero-order valence-electron chi connectivity index (χ0n) is 17.3. The minimum absolute atomic E-state index is 0.0524. The van der Waals surface area contributed by atoms with Gasteiger partial charge in [0.1, 0.15) is 5.75 Å². The molecular weight excluding hydrogens is 374 g/mol. The second-order valence-electron chi connectivity index (χ2n) is 7.03. The molecule has 2 aromatic carbocycles. The average molecular weight is 402 g/mol. The van der Waals surface area contributed by atoms with Crippen molar-refractivity contribution in [3.8, 4) is 28.6 Å². The van der Waals surface area contributed by atoms with Gasteiger partial charge in [0, 0.05) is 16.7 Å². The predicted molar refractivity (Wildman–Crippen MR) is 115 cm³/mol. The molecule has 5 nitrogen and oxygen atoms in total. The Bertz CT molecular complexity index is 897. The number of rotatable bonds is 5. The topological polar surface area (TPSA) is 74.2 Å². The van der Waals surface area contributed by atoms with E-state index in [1.54, 1.807) is 6.07 Å². The Morgan fingerprint density at radius 1 is 1.04 bits per heavy atom. The summed E-state index contributed by atoms with van der Waals surface area (Å²) in [4.78, 5) is 4.47. The first-order valence-electron chi connectivity index (χ1n) is 9.44. The lowest BCUT2D eigenvalue weighted by Crippen LogP contribution is -2.28. The van der Waals surface area contributed by atoms with Gasteiger partial charge in [-0.05, 0) is 63.6 Å². The Balaban J connectivity index is 0.00000136. The summed E-state index contributed by atoms with van der Waals surface area (Å²) in [5, 5.41) is 4.57. The molecule has 0 amide bonds. The predicted octanol–water partition coefficient (Wildman–Crippen LogP) is 6.06. The number of benzene rings is 2. The third kappa shape index (κ3) is 5.33. The molecule has 0 aliphatic carbocycles. The quantitative estimate of drug-likeness (QED) is 0.562. The SMILES string of the molecule is CC.CC(C)Oc1ccc(-c2noc(-c3ccc(C(C)(C)N)cc3)n2)cc1Cl. The monoisotopic (exact) mass is 401 g/mol. The molecule has 150 valence electrons. The van der Waals surface area contributed by atoms with Gasteiger partial charge in [0.25, 0.3) is 5.89 Å². The van der Waals surface area contributed by atoms with Crippen molar-refractivity contribution in [2.24, 2.45) is 5.73 Å². The molecule has 28 heavy (non-hydrogen) atoms. The van der Waals surface area contributed by atoms with Crippen molar-refractivity contribution in [3.63, 3.8) is 0 Å². The second-order valence-corrected chi connectivity index (χ2v) is 7.44. The Morgan fingerprint density at radius 3 is 2.18 bits per heavy atom. The van der Waals surface area contributed by atoms with Gasteiger partial charge in [-0.15, -0.1) is 0 Å². The van der Waals surface area contributed by atoms with Crippen LogP contribution in [0.1, 0.15) is 47.1 Å². The number of halogens is 1. The number of hydrogen-bond donors (Lipinski definition) is 1. The molecule has 3 rings (SSSR count). The van der Waals surface area contributed by atoms with Crippen LogP contribution in [0.2, 0.25) is 5.02 Å². The number of aromatic nitrogens is 2. The highest BCUT2D eigenvalue weighted by Crippen LogP contribution is 2.31. The summed E-state index contributed by atoms with van der Waals surface area (Å²) in [5.41, 5.74) is 8.35. The van der Waals surface area contributed by atoms with Crippen molar-refractivity contribution in [1.82, 2.24) is 10.1 Å². The fourth-order valence-corrected chi connectivity index (χ4v) is 2.71. The smallest absolute Gasteiger partial charge is 0.258 e. The first-order valence-corrected chi connectivity index (χ1v) is 9.82.